The summed E-state index contributed by atoms with van der Waals surface area (Å²) in [4.78, 5) is 29.7. The fourth-order valence-corrected chi connectivity index (χ4v) is 4.99. The molecule has 0 bridgehead atoms. The van der Waals surface area contributed by atoms with E-state index in [9.17, 15) is 9.59 Å². The Morgan fingerprint density at radius 2 is 1.93 bits per heavy atom. The Labute approximate surface area is 168 Å². The van der Waals surface area contributed by atoms with Crippen LogP contribution in [-0.2, 0) is 16.1 Å². The van der Waals surface area contributed by atoms with Crippen molar-refractivity contribution in [2.45, 2.75) is 38.4 Å². The zero-order valence-electron chi connectivity index (χ0n) is 15.8. The van der Waals surface area contributed by atoms with E-state index in [4.69, 9.17) is 11.6 Å². The highest BCUT2D eigenvalue weighted by Crippen LogP contribution is 2.32. The van der Waals surface area contributed by atoms with E-state index in [-0.39, 0.29) is 24.4 Å². The summed E-state index contributed by atoms with van der Waals surface area (Å²) < 4.78 is 2.04. The van der Waals surface area contributed by atoms with Crippen LogP contribution >= 0.6 is 11.6 Å². The van der Waals surface area contributed by atoms with E-state index in [0.717, 1.165) is 41.2 Å². The first-order valence-electron chi connectivity index (χ1n) is 9.81. The SMILES string of the molecule is C[C@@H]1C(=O)N2CCC[C@@H]2CN1C(=O)Cn1c2ccccc2c2cc(Cl)ccc21. The lowest BCUT2D eigenvalue weighted by Gasteiger charge is -2.41. The van der Waals surface area contributed by atoms with Crippen LogP contribution in [0.2, 0.25) is 5.02 Å². The quantitative estimate of drug-likeness (QED) is 0.664. The largest absolute Gasteiger partial charge is 0.336 e. The summed E-state index contributed by atoms with van der Waals surface area (Å²) in [5, 5.41) is 2.80. The Bertz CT molecular complexity index is 1110. The van der Waals surface area contributed by atoms with Crippen LogP contribution in [0.5, 0.6) is 0 Å². The number of aromatic nitrogens is 1. The van der Waals surface area contributed by atoms with Crippen molar-refractivity contribution in [3.63, 3.8) is 0 Å². The molecule has 0 N–H and O–H groups in total. The molecule has 28 heavy (non-hydrogen) atoms. The van der Waals surface area contributed by atoms with E-state index < -0.39 is 6.04 Å². The maximum Gasteiger partial charge on any atom is 0.245 e. The highest BCUT2D eigenvalue weighted by atomic mass is 35.5. The number of fused-ring (bicyclic) bond motifs is 4. The monoisotopic (exact) mass is 395 g/mol. The molecule has 0 spiro atoms. The van der Waals surface area contributed by atoms with Crippen molar-refractivity contribution in [2.75, 3.05) is 13.1 Å². The van der Waals surface area contributed by atoms with Crippen LogP contribution < -0.4 is 0 Å². The molecule has 2 amide bonds. The van der Waals surface area contributed by atoms with Crippen LogP contribution in [-0.4, -0.2) is 51.4 Å². The van der Waals surface area contributed by atoms with Gasteiger partial charge in [-0.25, -0.2) is 0 Å². The van der Waals surface area contributed by atoms with Crippen LogP contribution in [0.25, 0.3) is 21.8 Å². The zero-order valence-corrected chi connectivity index (χ0v) is 16.5. The molecule has 2 aliphatic heterocycles. The van der Waals surface area contributed by atoms with Gasteiger partial charge in [-0.1, -0.05) is 29.8 Å². The molecule has 0 radical (unpaired) electrons. The molecule has 5 rings (SSSR count). The third-order valence-corrected chi connectivity index (χ3v) is 6.48. The number of hydrogen-bond donors (Lipinski definition) is 0. The number of hydrogen-bond acceptors (Lipinski definition) is 2. The van der Waals surface area contributed by atoms with E-state index >= 15 is 0 Å². The number of benzene rings is 2. The zero-order chi connectivity index (χ0) is 19.4. The third kappa shape index (κ3) is 2.60. The van der Waals surface area contributed by atoms with Crippen LogP contribution in [0.3, 0.4) is 0 Å². The van der Waals surface area contributed by atoms with Crippen molar-refractivity contribution in [1.82, 2.24) is 14.4 Å². The predicted molar refractivity (Wildman–Crippen MR) is 110 cm³/mol. The van der Waals surface area contributed by atoms with Gasteiger partial charge in [0.05, 0.1) is 0 Å². The molecule has 2 fully saturated rings. The summed E-state index contributed by atoms with van der Waals surface area (Å²) in [5.74, 6) is 0.0705. The van der Waals surface area contributed by atoms with Gasteiger partial charge in [-0.2, -0.15) is 0 Å². The van der Waals surface area contributed by atoms with Crippen LogP contribution in [0.15, 0.2) is 42.5 Å². The van der Waals surface area contributed by atoms with E-state index in [1.807, 2.05) is 52.8 Å². The minimum atomic E-state index is -0.399. The second kappa shape index (κ2) is 6.52. The predicted octanol–water partition coefficient (Wildman–Crippen LogP) is 3.67. The van der Waals surface area contributed by atoms with Gasteiger partial charge in [0.1, 0.15) is 12.6 Å². The molecule has 2 atom stereocenters. The van der Waals surface area contributed by atoms with Gasteiger partial charge in [-0.05, 0) is 44.0 Å². The van der Waals surface area contributed by atoms with Crippen molar-refractivity contribution in [2.24, 2.45) is 0 Å². The molecule has 5 nitrogen and oxygen atoms in total. The van der Waals surface area contributed by atoms with Gasteiger partial charge >= 0.3 is 0 Å². The van der Waals surface area contributed by atoms with Crippen molar-refractivity contribution >= 4 is 45.2 Å². The van der Waals surface area contributed by atoms with Crippen molar-refractivity contribution in [3.05, 3.63) is 47.5 Å². The van der Waals surface area contributed by atoms with Gasteiger partial charge in [-0.3, -0.25) is 9.59 Å². The second-order valence-electron chi connectivity index (χ2n) is 7.81. The molecule has 3 heterocycles. The number of piperazine rings is 1. The van der Waals surface area contributed by atoms with Gasteiger partial charge in [0.25, 0.3) is 0 Å². The van der Waals surface area contributed by atoms with Crippen LogP contribution in [0.4, 0.5) is 0 Å². The molecule has 1 aromatic heterocycles. The fourth-order valence-electron chi connectivity index (χ4n) is 4.81. The Kier molecular flexibility index (Phi) is 4.09. The molecule has 6 heteroatoms. The number of halogens is 1. The van der Waals surface area contributed by atoms with Gasteiger partial charge < -0.3 is 14.4 Å². The van der Waals surface area contributed by atoms with Gasteiger partial charge in [0, 0.05) is 46.0 Å². The molecule has 3 aromatic rings. The number of para-hydroxylation sites is 1. The van der Waals surface area contributed by atoms with Crippen molar-refractivity contribution in [3.8, 4) is 0 Å². The Morgan fingerprint density at radius 1 is 1.14 bits per heavy atom. The normalized spacial score (nSPS) is 22.3. The first kappa shape index (κ1) is 17.6. The standard InChI is InChI=1S/C22H22ClN3O2/c1-14-22(28)24-10-4-5-16(24)12-25(14)21(27)13-26-19-7-3-2-6-17(19)18-11-15(23)8-9-20(18)26/h2-3,6-9,11,14,16H,4-5,10,12-13H2,1H3/t14-,16-/m1/s1. The summed E-state index contributed by atoms with van der Waals surface area (Å²) in [5.41, 5.74) is 1.99. The smallest absolute Gasteiger partial charge is 0.245 e. The van der Waals surface area contributed by atoms with E-state index in [1.54, 1.807) is 4.90 Å². The van der Waals surface area contributed by atoms with Gasteiger partial charge in [0.15, 0.2) is 0 Å². The molecule has 0 aliphatic carbocycles. The topological polar surface area (TPSA) is 45.6 Å². The van der Waals surface area contributed by atoms with E-state index in [0.29, 0.717) is 11.6 Å². The molecule has 144 valence electrons. The minimum Gasteiger partial charge on any atom is -0.336 e. The van der Waals surface area contributed by atoms with Crippen molar-refractivity contribution < 1.29 is 9.59 Å². The average Bonchev–Trinajstić information content (AvgIpc) is 3.28. The summed E-state index contributed by atoms with van der Waals surface area (Å²) in [7, 11) is 0. The maximum absolute atomic E-state index is 13.3. The van der Waals surface area contributed by atoms with Gasteiger partial charge in [-0.15, -0.1) is 0 Å². The number of carbonyl (C=O) groups is 2. The summed E-state index contributed by atoms with van der Waals surface area (Å²) in [6, 6.07) is 13.6. The number of amides is 2. The molecular formula is C22H22ClN3O2. The number of nitrogens with zero attached hydrogens (tertiary/aromatic N) is 3. The number of rotatable bonds is 2. The summed E-state index contributed by atoms with van der Waals surface area (Å²) >= 11 is 6.22. The molecule has 0 saturated carbocycles. The van der Waals surface area contributed by atoms with Crippen molar-refractivity contribution in [1.29, 1.82) is 0 Å². The minimum absolute atomic E-state index is 0.00926. The highest BCUT2D eigenvalue weighted by molar-refractivity contribution is 6.31. The third-order valence-electron chi connectivity index (χ3n) is 6.24. The van der Waals surface area contributed by atoms with E-state index in [1.165, 1.54) is 0 Å². The summed E-state index contributed by atoms with van der Waals surface area (Å²) in [6.45, 7) is 3.52. The molecule has 2 saturated heterocycles. The fraction of sp³-hybridized carbons (Fsp3) is 0.364. The molecule has 2 aromatic carbocycles. The molecule has 2 aliphatic rings. The van der Waals surface area contributed by atoms with E-state index in [2.05, 4.69) is 6.07 Å². The highest BCUT2D eigenvalue weighted by Gasteiger charge is 2.42. The maximum atomic E-state index is 13.3. The summed E-state index contributed by atoms with van der Waals surface area (Å²) in [6.07, 6.45) is 2.01. The Balaban J connectivity index is 1.52. The van der Waals surface area contributed by atoms with Crippen LogP contribution in [0, 0.1) is 0 Å². The second-order valence-corrected chi connectivity index (χ2v) is 8.25. The number of carbonyl (C=O) groups excluding carboxylic acids is 2. The Morgan fingerprint density at radius 3 is 2.79 bits per heavy atom. The lowest BCUT2D eigenvalue weighted by atomic mass is 10.1. The Hall–Kier alpha value is -2.53. The first-order valence-corrected chi connectivity index (χ1v) is 10.2. The lowest BCUT2D eigenvalue weighted by Crippen LogP contribution is -2.60. The molecular weight excluding hydrogens is 374 g/mol. The van der Waals surface area contributed by atoms with Gasteiger partial charge in [0.2, 0.25) is 11.8 Å². The van der Waals surface area contributed by atoms with Crippen LogP contribution in [0.1, 0.15) is 19.8 Å². The average molecular weight is 396 g/mol. The molecule has 0 unspecified atom stereocenters. The first-order chi connectivity index (χ1) is 13.5. The lowest BCUT2D eigenvalue weighted by molar-refractivity contribution is -0.152.